The lowest BCUT2D eigenvalue weighted by atomic mass is 10.1. The van der Waals surface area contributed by atoms with Gasteiger partial charge in [-0.15, -0.1) is 0 Å². The van der Waals surface area contributed by atoms with E-state index in [9.17, 15) is 4.79 Å². The van der Waals surface area contributed by atoms with E-state index in [1.54, 1.807) is 16.7 Å². The second kappa shape index (κ2) is 3.74. The van der Waals surface area contributed by atoms with Gasteiger partial charge in [-0.25, -0.2) is 9.78 Å². The topological polar surface area (TPSA) is 89.8 Å². The lowest BCUT2D eigenvalue weighted by Gasteiger charge is -1.98. The molecule has 0 saturated heterocycles. The Morgan fingerprint density at radius 3 is 2.94 bits per heavy atom. The third-order valence-corrected chi connectivity index (χ3v) is 3.66. The van der Waals surface area contributed by atoms with E-state index in [-0.39, 0.29) is 0 Å². The van der Waals surface area contributed by atoms with Crippen LogP contribution < -0.4 is 11.5 Å². The first-order valence-electron chi connectivity index (χ1n) is 5.17. The van der Waals surface area contributed by atoms with Gasteiger partial charge >= 0.3 is 5.76 Å². The van der Waals surface area contributed by atoms with Gasteiger partial charge < -0.3 is 14.7 Å². The summed E-state index contributed by atoms with van der Waals surface area (Å²) in [5.41, 5.74) is 8.46. The quantitative estimate of drug-likeness (QED) is 0.718. The average Bonchev–Trinajstić information content (AvgIpc) is 2.82. The summed E-state index contributed by atoms with van der Waals surface area (Å²) in [4.78, 5) is 18.0. The summed E-state index contributed by atoms with van der Waals surface area (Å²) in [6.07, 6.45) is 0. The maximum atomic E-state index is 11.1. The molecule has 6 nitrogen and oxygen atoms in total. The minimum atomic E-state index is -0.471. The molecule has 3 rings (SSSR count). The van der Waals surface area contributed by atoms with Gasteiger partial charge in [0.1, 0.15) is 10.3 Å². The molecule has 0 aliphatic rings. The van der Waals surface area contributed by atoms with E-state index >= 15 is 0 Å². The predicted octanol–water partition coefficient (Wildman–Crippen LogP) is 1.87. The number of H-pyrrole nitrogens is 1. The molecule has 0 bridgehead atoms. The minimum absolute atomic E-state index is 0.414. The number of halogens is 1. The molecule has 3 N–H and O–H groups in total. The van der Waals surface area contributed by atoms with Crippen LogP contribution in [0.1, 0.15) is 0 Å². The second-order valence-electron chi connectivity index (χ2n) is 3.89. The number of rotatable bonds is 1. The molecule has 2 aromatic heterocycles. The van der Waals surface area contributed by atoms with Crippen LogP contribution >= 0.6 is 15.9 Å². The lowest BCUT2D eigenvalue weighted by Crippen LogP contribution is -1.96. The minimum Gasteiger partial charge on any atom is -0.408 e. The van der Waals surface area contributed by atoms with E-state index in [1.807, 2.05) is 13.1 Å². The molecule has 3 aromatic rings. The molecule has 18 heavy (non-hydrogen) atoms. The lowest BCUT2D eigenvalue weighted by molar-refractivity contribution is 0.555. The van der Waals surface area contributed by atoms with E-state index in [4.69, 9.17) is 10.2 Å². The van der Waals surface area contributed by atoms with E-state index < -0.39 is 5.76 Å². The van der Waals surface area contributed by atoms with Gasteiger partial charge in [-0.1, -0.05) is 0 Å². The van der Waals surface area contributed by atoms with Crippen molar-refractivity contribution in [3.63, 3.8) is 0 Å². The Bertz CT molecular complexity index is 799. The van der Waals surface area contributed by atoms with E-state index in [1.165, 1.54) is 0 Å². The molecule has 0 saturated carbocycles. The fourth-order valence-electron chi connectivity index (χ4n) is 1.78. The number of imidazole rings is 1. The molecule has 0 aliphatic heterocycles. The number of benzene rings is 1. The zero-order chi connectivity index (χ0) is 12.9. The zero-order valence-electron chi connectivity index (χ0n) is 9.40. The van der Waals surface area contributed by atoms with Crippen molar-refractivity contribution in [1.82, 2.24) is 14.5 Å². The number of nitrogens with two attached hydrogens (primary N) is 1. The fraction of sp³-hybridized carbons (Fsp3) is 0.0909. The maximum absolute atomic E-state index is 11.1. The fourth-order valence-corrected chi connectivity index (χ4v) is 2.28. The van der Waals surface area contributed by atoms with Crippen LogP contribution in [-0.4, -0.2) is 14.5 Å². The number of anilines is 1. The molecule has 2 heterocycles. The van der Waals surface area contributed by atoms with Gasteiger partial charge in [0, 0.05) is 12.6 Å². The first-order valence-corrected chi connectivity index (χ1v) is 5.96. The van der Waals surface area contributed by atoms with Gasteiger partial charge in [0.2, 0.25) is 5.95 Å². The van der Waals surface area contributed by atoms with Crippen molar-refractivity contribution in [3.8, 4) is 11.3 Å². The molecule has 0 spiro atoms. The standard InChI is InChI=1S/C11H9BrN4O2/c1-16-9(12)8(15-10(16)13)5-2-3-7-6(4-5)14-11(17)18-7/h2-4H,1H3,(H2,13,15)(H,14,17). The first kappa shape index (κ1) is 11.1. The number of aromatic nitrogens is 3. The number of hydrogen-bond donors (Lipinski definition) is 2. The van der Waals surface area contributed by atoms with Crippen molar-refractivity contribution in [3.05, 3.63) is 33.4 Å². The van der Waals surface area contributed by atoms with Crippen LogP contribution in [0.25, 0.3) is 22.4 Å². The molecule has 7 heteroatoms. The molecule has 92 valence electrons. The van der Waals surface area contributed by atoms with E-state index in [0.717, 1.165) is 15.9 Å². The molecule has 0 atom stereocenters. The van der Waals surface area contributed by atoms with Gasteiger partial charge in [-0.05, 0) is 34.1 Å². The molecular weight excluding hydrogens is 300 g/mol. The van der Waals surface area contributed by atoms with Crippen molar-refractivity contribution < 1.29 is 4.42 Å². The molecule has 0 unspecified atom stereocenters. The van der Waals surface area contributed by atoms with Crippen LogP contribution in [0.15, 0.2) is 32.0 Å². The average molecular weight is 309 g/mol. The van der Waals surface area contributed by atoms with E-state index in [0.29, 0.717) is 17.0 Å². The number of oxazole rings is 1. The number of nitrogens with one attached hydrogen (secondary N) is 1. The highest BCUT2D eigenvalue weighted by Gasteiger charge is 2.13. The summed E-state index contributed by atoms with van der Waals surface area (Å²) >= 11 is 3.43. The van der Waals surface area contributed by atoms with Gasteiger partial charge in [-0.3, -0.25) is 4.98 Å². The van der Waals surface area contributed by atoms with Crippen LogP contribution in [0.3, 0.4) is 0 Å². The summed E-state index contributed by atoms with van der Waals surface area (Å²) in [6, 6.07) is 5.35. The highest BCUT2D eigenvalue weighted by atomic mass is 79.9. The molecule has 0 amide bonds. The van der Waals surface area contributed by atoms with Crippen LogP contribution in [0.4, 0.5) is 5.95 Å². The van der Waals surface area contributed by atoms with Crippen molar-refractivity contribution in [2.75, 3.05) is 5.73 Å². The number of nitrogens with zero attached hydrogens (tertiary/aromatic N) is 2. The highest BCUT2D eigenvalue weighted by molar-refractivity contribution is 9.10. The zero-order valence-corrected chi connectivity index (χ0v) is 11.0. The van der Waals surface area contributed by atoms with Crippen LogP contribution in [0.5, 0.6) is 0 Å². The Labute approximate surface area is 110 Å². The first-order chi connectivity index (χ1) is 8.56. The largest absolute Gasteiger partial charge is 0.417 e. The van der Waals surface area contributed by atoms with Gasteiger partial charge in [0.05, 0.1) is 5.52 Å². The summed E-state index contributed by atoms with van der Waals surface area (Å²) in [6.45, 7) is 0. The van der Waals surface area contributed by atoms with Crippen molar-refractivity contribution in [2.45, 2.75) is 0 Å². The number of fused-ring (bicyclic) bond motifs is 1. The van der Waals surface area contributed by atoms with Gasteiger partial charge in [0.15, 0.2) is 5.58 Å². The SMILES string of the molecule is Cn1c(N)nc(-c2ccc3oc(=O)[nH]c3c2)c1Br. The van der Waals surface area contributed by atoms with Crippen LogP contribution in [0.2, 0.25) is 0 Å². The predicted molar refractivity (Wildman–Crippen MR) is 71.1 cm³/mol. The van der Waals surface area contributed by atoms with Gasteiger partial charge in [0.25, 0.3) is 0 Å². The Balaban J connectivity index is 2.24. The number of hydrogen-bond acceptors (Lipinski definition) is 4. The van der Waals surface area contributed by atoms with Crippen LogP contribution in [0, 0.1) is 0 Å². The van der Waals surface area contributed by atoms with E-state index in [2.05, 4.69) is 25.9 Å². The Kier molecular flexibility index (Phi) is 2.30. The Morgan fingerprint density at radius 2 is 2.28 bits per heavy atom. The normalized spacial score (nSPS) is 11.2. The molecule has 0 radical (unpaired) electrons. The maximum Gasteiger partial charge on any atom is 0.417 e. The highest BCUT2D eigenvalue weighted by Crippen LogP contribution is 2.30. The third kappa shape index (κ3) is 1.55. The summed E-state index contributed by atoms with van der Waals surface area (Å²) in [5, 5.41) is 0. The number of aromatic amines is 1. The summed E-state index contributed by atoms with van der Waals surface area (Å²) < 4.78 is 7.46. The number of nitrogen functional groups attached to an aromatic ring is 1. The van der Waals surface area contributed by atoms with Crippen molar-refractivity contribution in [2.24, 2.45) is 7.05 Å². The Hall–Kier alpha value is -2.02. The summed E-state index contributed by atoms with van der Waals surface area (Å²) in [7, 11) is 1.81. The second-order valence-corrected chi connectivity index (χ2v) is 4.65. The summed E-state index contributed by atoms with van der Waals surface area (Å²) in [5.74, 6) is -0.0561. The molecule has 1 aromatic carbocycles. The Morgan fingerprint density at radius 1 is 1.50 bits per heavy atom. The molecular formula is C11H9BrN4O2. The molecule has 0 fully saturated rings. The third-order valence-electron chi connectivity index (χ3n) is 2.75. The monoisotopic (exact) mass is 308 g/mol. The van der Waals surface area contributed by atoms with Gasteiger partial charge in [-0.2, -0.15) is 0 Å². The smallest absolute Gasteiger partial charge is 0.408 e. The van der Waals surface area contributed by atoms with Crippen molar-refractivity contribution >= 4 is 33.0 Å². The van der Waals surface area contributed by atoms with Crippen LogP contribution in [-0.2, 0) is 7.05 Å². The molecule has 0 aliphatic carbocycles. The van der Waals surface area contributed by atoms with Crippen molar-refractivity contribution in [1.29, 1.82) is 0 Å².